The first-order valence-electron chi connectivity index (χ1n) is 7.45. The number of carbonyl (C=O) groups is 1. The molecular formula is C19H16O5. The summed E-state index contributed by atoms with van der Waals surface area (Å²) >= 11 is 0. The van der Waals surface area contributed by atoms with Gasteiger partial charge in [-0.25, -0.2) is 4.79 Å². The number of ether oxygens (including phenoxy) is 2. The number of aromatic hydroxyl groups is 2. The van der Waals surface area contributed by atoms with Crippen LogP contribution in [0.3, 0.4) is 0 Å². The number of rotatable bonds is 5. The molecule has 0 radical (unpaired) electrons. The Bertz CT molecular complexity index is 858. The van der Waals surface area contributed by atoms with Crippen LogP contribution in [0.1, 0.15) is 10.4 Å². The third-order valence-corrected chi connectivity index (χ3v) is 3.54. The predicted octanol–water partition coefficient (Wildman–Crippen LogP) is 3.49. The van der Waals surface area contributed by atoms with E-state index in [1.54, 1.807) is 36.4 Å². The number of phenols is 2. The third kappa shape index (κ3) is 3.25. The van der Waals surface area contributed by atoms with Gasteiger partial charge in [0.05, 0.1) is 0 Å². The smallest absolute Gasteiger partial charge is 0.342 e. The molecule has 0 spiro atoms. The number of hydrogen-bond donors (Lipinski definition) is 2. The predicted molar refractivity (Wildman–Crippen MR) is 89.5 cm³/mol. The van der Waals surface area contributed by atoms with Crippen LogP contribution in [0.5, 0.6) is 17.2 Å². The lowest BCUT2D eigenvalue weighted by atomic mass is 10.0. The zero-order chi connectivity index (χ0) is 16.9. The van der Waals surface area contributed by atoms with E-state index in [0.29, 0.717) is 16.5 Å². The fraction of sp³-hybridized carbons (Fsp3) is 0.105. The van der Waals surface area contributed by atoms with Gasteiger partial charge in [-0.3, -0.25) is 0 Å². The Labute approximate surface area is 138 Å². The highest BCUT2D eigenvalue weighted by Gasteiger charge is 2.18. The monoisotopic (exact) mass is 324 g/mol. The molecule has 0 aliphatic rings. The second kappa shape index (κ2) is 6.91. The van der Waals surface area contributed by atoms with Gasteiger partial charge in [-0.2, -0.15) is 0 Å². The van der Waals surface area contributed by atoms with Crippen LogP contribution >= 0.6 is 0 Å². The van der Waals surface area contributed by atoms with E-state index in [4.69, 9.17) is 9.47 Å². The van der Waals surface area contributed by atoms with Crippen molar-refractivity contribution in [1.29, 1.82) is 0 Å². The molecule has 3 aromatic rings. The molecule has 5 nitrogen and oxygen atoms in total. The van der Waals surface area contributed by atoms with Crippen LogP contribution in [0, 0.1) is 0 Å². The number of phenolic OH excluding ortho intramolecular Hbond substituents is 2. The molecule has 0 saturated carbocycles. The summed E-state index contributed by atoms with van der Waals surface area (Å²) in [5.41, 5.74) is -0.0779. The summed E-state index contributed by atoms with van der Waals surface area (Å²) in [6, 6.07) is 17.1. The van der Waals surface area contributed by atoms with Crippen LogP contribution in [0.25, 0.3) is 10.8 Å². The van der Waals surface area contributed by atoms with E-state index in [2.05, 4.69) is 0 Å². The van der Waals surface area contributed by atoms with Gasteiger partial charge in [-0.05, 0) is 18.2 Å². The molecule has 0 bridgehead atoms. The van der Waals surface area contributed by atoms with Gasteiger partial charge in [0.1, 0.15) is 36.0 Å². The Morgan fingerprint density at radius 1 is 0.875 bits per heavy atom. The van der Waals surface area contributed by atoms with Crippen LogP contribution < -0.4 is 4.74 Å². The summed E-state index contributed by atoms with van der Waals surface area (Å²) in [6.45, 7) is 0.219. The van der Waals surface area contributed by atoms with Crippen LogP contribution in [0.2, 0.25) is 0 Å². The highest BCUT2D eigenvalue weighted by atomic mass is 16.6. The Kier molecular flexibility index (Phi) is 4.52. The molecule has 0 aromatic heterocycles. The quantitative estimate of drug-likeness (QED) is 0.427. The molecule has 0 unspecified atom stereocenters. The lowest BCUT2D eigenvalue weighted by molar-refractivity contribution is 0.0447. The van der Waals surface area contributed by atoms with Crippen LogP contribution in [-0.4, -0.2) is 29.4 Å². The van der Waals surface area contributed by atoms with Gasteiger partial charge in [0.2, 0.25) is 0 Å². The fourth-order valence-corrected chi connectivity index (χ4v) is 2.38. The Morgan fingerprint density at radius 3 is 2.29 bits per heavy atom. The van der Waals surface area contributed by atoms with Gasteiger partial charge < -0.3 is 19.7 Å². The summed E-state index contributed by atoms with van der Waals surface area (Å²) in [5, 5.41) is 21.1. The maximum Gasteiger partial charge on any atom is 0.342 e. The van der Waals surface area contributed by atoms with Gasteiger partial charge in [0.25, 0.3) is 0 Å². The van der Waals surface area contributed by atoms with E-state index >= 15 is 0 Å². The summed E-state index contributed by atoms with van der Waals surface area (Å²) in [6.07, 6.45) is 0. The number of para-hydroxylation sites is 1. The largest absolute Gasteiger partial charge is 0.507 e. The molecule has 24 heavy (non-hydrogen) atoms. The van der Waals surface area contributed by atoms with Crippen molar-refractivity contribution < 1.29 is 24.5 Å². The zero-order valence-electron chi connectivity index (χ0n) is 12.8. The van der Waals surface area contributed by atoms with E-state index in [9.17, 15) is 15.0 Å². The first kappa shape index (κ1) is 15.7. The Morgan fingerprint density at radius 2 is 1.54 bits per heavy atom. The van der Waals surface area contributed by atoms with E-state index in [0.717, 1.165) is 0 Å². The Balaban J connectivity index is 1.67. The third-order valence-electron chi connectivity index (χ3n) is 3.54. The van der Waals surface area contributed by atoms with Gasteiger partial charge >= 0.3 is 5.97 Å². The van der Waals surface area contributed by atoms with Gasteiger partial charge in [0.15, 0.2) is 0 Å². The molecule has 3 rings (SSSR count). The average Bonchev–Trinajstić information content (AvgIpc) is 2.62. The number of hydrogen-bond acceptors (Lipinski definition) is 5. The second-order valence-corrected chi connectivity index (χ2v) is 5.13. The topological polar surface area (TPSA) is 76.0 Å². The minimum Gasteiger partial charge on any atom is -0.507 e. The number of benzene rings is 3. The maximum atomic E-state index is 12.1. The second-order valence-electron chi connectivity index (χ2n) is 5.13. The van der Waals surface area contributed by atoms with Crippen molar-refractivity contribution in [2.75, 3.05) is 13.2 Å². The SMILES string of the molecule is O=C(OCCOc1ccccc1)c1cc(O)c2ccccc2c1O. The molecule has 0 heterocycles. The van der Waals surface area contributed by atoms with Crippen molar-refractivity contribution >= 4 is 16.7 Å². The van der Waals surface area contributed by atoms with Crippen LogP contribution in [0.4, 0.5) is 0 Å². The summed E-state index contributed by atoms with van der Waals surface area (Å²) in [5.74, 6) is -0.335. The number of carbonyl (C=O) groups excluding carboxylic acids is 1. The van der Waals surface area contributed by atoms with E-state index < -0.39 is 5.97 Å². The highest BCUT2D eigenvalue weighted by Crippen LogP contribution is 2.35. The zero-order valence-corrected chi connectivity index (χ0v) is 12.8. The molecule has 0 atom stereocenters. The first-order chi connectivity index (χ1) is 11.7. The lowest BCUT2D eigenvalue weighted by Gasteiger charge is -2.10. The molecule has 3 aromatic carbocycles. The van der Waals surface area contributed by atoms with Gasteiger partial charge in [-0.15, -0.1) is 0 Å². The van der Waals surface area contributed by atoms with Crippen molar-refractivity contribution in [3.8, 4) is 17.2 Å². The van der Waals surface area contributed by atoms with Crippen LogP contribution in [-0.2, 0) is 4.74 Å². The molecule has 2 N–H and O–H groups in total. The van der Waals surface area contributed by atoms with Crippen molar-refractivity contribution in [2.45, 2.75) is 0 Å². The molecule has 122 valence electrons. The summed E-state index contributed by atoms with van der Waals surface area (Å²) in [4.78, 5) is 12.1. The molecule has 0 aliphatic heterocycles. The average molecular weight is 324 g/mol. The molecule has 0 fully saturated rings. The summed E-state index contributed by atoms with van der Waals surface area (Å²) < 4.78 is 10.5. The molecular weight excluding hydrogens is 308 g/mol. The molecule has 0 saturated heterocycles. The van der Waals surface area contributed by atoms with Crippen molar-refractivity contribution in [1.82, 2.24) is 0 Å². The minimum absolute atomic E-state index is 0.0285. The van der Waals surface area contributed by atoms with E-state index in [1.165, 1.54) is 6.07 Å². The van der Waals surface area contributed by atoms with Crippen molar-refractivity contribution in [2.24, 2.45) is 0 Å². The maximum absolute atomic E-state index is 12.1. The standard InChI is InChI=1S/C19H16O5/c20-17-12-16(18(21)15-9-5-4-8-14(15)17)19(22)24-11-10-23-13-6-2-1-3-7-13/h1-9,12,20-21H,10-11H2. The molecule has 0 amide bonds. The normalized spacial score (nSPS) is 10.5. The molecule has 5 heteroatoms. The number of esters is 1. The van der Waals surface area contributed by atoms with E-state index in [-0.39, 0.29) is 30.3 Å². The highest BCUT2D eigenvalue weighted by molar-refractivity contribution is 6.03. The summed E-state index contributed by atoms with van der Waals surface area (Å²) in [7, 11) is 0. The fourth-order valence-electron chi connectivity index (χ4n) is 2.38. The van der Waals surface area contributed by atoms with Gasteiger partial charge in [0, 0.05) is 10.8 Å². The minimum atomic E-state index is -0.717. The van der Waals surface area contributed by atoms with E-state index in [1.807, 2.05) is 18.2 Å². The number of fused-ring (bicyclic) bond motifs is 1. The first-order valence-corrected chi connectivity index (χ1v) is 7.45. The lowest BCUT2D eigenvalue weighted by Crippen LogP contribution is -2.12. The van der Waals surface area contributed by atoms with Gasteiger partial charge in [-0.1, -0.05) is 42.5 Å². The van der Waals surface area contributed by atoms with Crippen LogP contribution in [0.15, 0.2) is 60.7 Å². The van der Waals surface area contributed by atoms with Crippen molar-refractivity contribution in [3.63, 3.8) is 0 Å². The Hall–Kier alpha value is -3.21. The van der Waals surface area contributed by atoms with Crippen molar-refractivity contribution in [3.05, 3.63) is 66.2 Å². The molecule has 0 aliphatic carbocycles.